The summed E-state index contributed by atoms with van der Waals surface area (Å²) < 4.78 is 5.09. The maximum atomic E-state index is 11.1. The van der Waals surface area contributed by atoms with Crippen LogP contribution in [0, 0.1) is 0 Å². The van der Waals surface area contributed by atoms with E-state index >= 15 is 0 Å². The van der Waals surface area contributed by atoms with Gasteiger partial charge in [-0.1, -0.05) is 0 Å². The van der Waals surface area contributed by atoms with Gasteiger partial charge in [0.2, 0.25) is 5.91 Å². The fraction of sp³-hybridized carbons (Fsp3) is 0.167. The Balaban J connectivity index is 0.00000180. The molecule has 0 spiro atoms. The Kier molecular flexibility index (Phi) is 6.08. The highest BCUT2D eigenvalue weighted by Gasteiger charge is 2.07. The van der Waals surface area contributed by atoms with Crippen molar-refractivity contribution in [2.75, 3.05) is 18.3 Å². The Morgan fingerprint density at radius 2 is 2.11 bits per heavy atom. The largest absolute Gasteiger partial charge is 0.497 e. The molecule has 1 N–H and O–H groups in total. The lowest BCUT2D eigenvalue weighted by molar-refractivity contribution is -0.113. The van der Waals surface area contributed by atoms with Crippen LogP contribution in [0.5, 0.6) is 5.75 Å². The maximum absolute atomic E-state index is 11.1. The van der Waals surface area contributed by atoms with Crippen LogP contribution >= 0.6 is 35.3 Å². The van der Waals surface area contributed by atoms with E-state index in [9.17, 15) is 4.79 Å². The first kappa shape index (κ1) is 15.8. The molecular formula is C12H12Cl2N2O2S. The smallest absolute Gasteiger partial charge is 0.241 e. The summed E-state index contributed by atoms with van der Waals surface area (Å²) in [6.45, 7) is 0. The van der Waals surface area contributed by atoms with Crippen LogP contribution < -0.4 is 10.1 Å². The summed E-state index contributed by atoms with van der Waals surface area (Å²) in [5.74, 6) is 0.467. The molecule has 2 aromatic rings. The third-order valence-corrected chi connectivity index (χ3v) is 3.26. The number of anilines is 1. The number of carbonyl (C=O) groups excluding carboxylic acids is 1. The van der Waals surface area contributed by atoms with E-state index in [0.29, 0.717) is 5.13 Å². The molecule has 0 saturated heterocycles. The summed E-state index contributed by atoms with van der Waals surface area (Å²) in [4.78, 5) is 15.4. The maximum Gasteiger partial charge on any atom is 0.241 e. The number of halogens is 2. The van der Waals surface area contributed by atoms with Crippen LogP contribution in [-0.4, -0.2) is 23.9 Å². The van der Waals surface area contributed by atoms with E-state index in [2.05, 4.69) is 10.3 Å². The van der Waals surface area contributed by atoms with Crippen molar-refractivity contribution in [1.29, 1.82) is 0 Å². The van der Waals surface area contributed by atoms with E-state index in [4.69, 9.17) is 16.3 Å². The molecule has 1 aromatic carbocycles. The zero-order valence-electron chi connectivity index (χ0n) is 10.1. The average Bonchev–Trinajstić information content (AvgIpc) is 2.87. The summed E-state index contributed by atoms with van der Waals surface area (Å²) in [6.07, 6.45) is 0. The lowest BCUT2D eigenvalue weighted by atomic mass is 10.2. The first-order chi connectivity index (χ1) is 8.72. The molecule has 2 rings (SSSR count). The van der Waals surface area contributed by atoms with Gasteiger partial charge in [-0.05, 0) is 24.3 Å². The lowest BCUT2D eigenvalue weighted by Crippen LogP contribution is -2.12. The second-order valence-corrected chi connectivity index (χ2v) is 4.57. The fourth-order valence-corrected chi connectivity index (χ4v) is 2.18. The number of hydrogen-bond acceptors (Lipinski definition) is 4. The summed E-state index contributed by atoms with van der Waals surface area (Å²) in [7, 11) is 1.62. The number of methoxy groups -OCH3 is 1. The van der Waals surface area contributed by atoms with Crippen LogP contribution in [-0.2, 0) is 4.79 Å². The quantitative estimate of drug-likeness (QED) is 0.879. The Bertz CT molecular complexity index is 543. The third kappa shape index (κ3) is 4.09. The van der Waals surface area contributed by atoms with Crippen LogP contribution in [0.25, 0.3) is 11.3 Å². The van der Waals surface area contributed by atoms with Crippen LogP contribution in [0.2, 0.25) is 0 Å². The number of nitrogens with zero attached hydrogens (tertiary/aromatic N) is 1. The molecule has 0 fully saturated rings. The highest BCUT2D eigenvalue weighted by molar-refractivity contribution is 7.14. The van der Waals surface area contributed by atoms with E-state index in [1.165, 1.54) is 11.3 Å². The molecule has 0 aliphatic heterocycles. The molecular weight excluding hydrogens is 307 g/mol. The summed E-state index contributed by atoms with van der Waals surface area (Å²) in [6, 6.07) is 7.57. The van der Waals surface area contributed by atoms with Gasteiger partial charge in [0.1, 0.15) is 11.6 Å². The second-order valence-electron chi connectivity index (χ2n) is 3.45. The summed E-state index contributed by atoms with van der Waals surface area (Å²) >= 11 is 6.78. The standard InChI is InChI=1S/C12H11ClN2O2S.ClH/c1-17-9-4-2-8(3-5-9)10-7-18-12(14-10)15-11(16)6-13;/h2-5,7H,6H2,1H3,(H,14,15,16);1H. The molecule has 0 aliphatic rings. The number of ether oxygens (including phenoxy) is 1. The zero-order chi connectivity index (χ0) is 13.0. The molecule has 1 amide bonds. The monoisotopic (exact) mass is 318 g/mol. The Morgan fingerprint density at radius 1 is 1.42 bits per heavy atom. The first-order valence-electron chi connectivity index (χ1n) is 5.18. The van der Waals surface area contributed by atoms with Gasteiger partial charge in [0, 0.05) is 10.9 Å². The van der Waals surface area contributed by atoms with Crippen LogP contribution in [0.4, 0.5) is 5.13 Å². The van der Waals surface area contributed by atoms with Gasteiger partial charge in [0.25, 0.3) is 0 Å². The van der Waals surface area contributed by atoms with Crippen LogP contribution in [0.1, 0.15) is 0 Å². The molecule has 0 bridgehead atoms. The minimum absolute atomic E-state index is 0. The number of benzene rings is 1. The second kappa shape index (κ2) is 7.33. The number of hydrogen-bond donors (Lipinski definition) is 1. The van der Waals surface area contributed by atoms with Crippen molar-refractivity contribution in [1.82, 2.24) is 4.98 Å². The van der Waals surface area contributed by atoms with Gasteiger partial charge in [-0.3, -0.25) is 4.79 Å². The lowest BCUT2D eigenvalue weighted by Gasteiger charge is -2.00. The number of alkyl halides is 1. The molecule has 1 heterocycles. The van der Waals surface area contributed by atoms with E-state index < -0.39 is 0 Å². The molecule has 4 nitrogen and oxygen atoms in total. The number of carbonyl (C=O) groups is 1. The van der Waals surface area contributed by atoms with Crippen LogP contribution in [0.3, 0.4) is 0 Å². The van der Waals surface area contributed by atoms with Gasteiger partial charge in [0.05, 0.1) is 12.8 Å². The third-order valence-electron chi connectivity index (χ3n) is 2.26. The predicted molar refractivity (Wildman–Crippen MR) is 80.7 cm³/mol. The zero-order valence-corrected chi connectivity index (χ0v) is 12.4. The van der Waals surface area contributed by atoms with E-state index in [0.717, 1.165) is 17.0 Å². The molecule has 0 saturated carbocycles. The minimum atomic E-state index is -0.257. The number of nitrogens with one attached hydrogen (secondary N) is 1. The van der Waals surface area contributed by atoms with Crippen LogP contribution in [0.15, 0.2) is 29.6 Å². The van der Waals surface area contributed by atoms with Gasteiger partial charge < -0.3 is 10.1 Å². The van der Waals surface area contributed by atoms with Gasteiger partial charge >= 0.3 is 0 Å². The number of rotatable bonds is 4. The number of amides is 1. The molecule has 0 aliphatic carbocycles. The molecule has 0 atom stereocenters. The molecule has 0 unspecified atom stereocenters. The van der Waals surface area contributed by atoms with Gasteiger partial charge in [-0.2, -0.15) is 0 Å². The molecule has 7 heteroatoms. The summed E-state index contributed by atoms with van der Waals surface area (Å²) in [5.41, 5.74) is 1.78. The minimum Gasteiger partial charge on any atom is -0.497 e. The normalized spacial score (nSPS) is 9.58. The topological polar surface area (TPSA) is 51.2 Å². The Morgan fingerprint density at radius 3 is 2.68 bits per heavy atom. The fourth-order valence-electron chi connectivity index (χ4n) is 1.38. The molecule has 1 aromatic heterocycles. The van der Waals surface area contributed by atoms with Crippen molar-refractivity contribution in [2.24, 2.45) is 0 Å². The summed E-state index contributed by atoms with van der Waals surface area (Å²) in [5, 5.41) is 5.04. The van der Waals surface area contributed by atoms with Gasteiger partial charge in [-0.15, -0.1) is 35.3 Å². The van der Waals surface area contributed by atoms with E-state index in [-0.39, 0.29) is 24.2 Å². The van der Waals surface area contributed by atoms with Crippen molar-refractivity contribution in [3.63, 3.8) is 0 Å². The number of thiazole rings is 1. The Labute approximate surface area is 126 Å². The number of aromatic nitrogens is 1. The Hall–Kier alpha value is -1.30. The van der Waals surface area contributed by atoms with Gasteiger partial charge in [-0.25, -0.2) is 4.98 Å². The molecule has 102 valence electrons. The van der Waals surface area contributed by atoms with Crippen molar-refractivity contribution >= 4 is 46.4 Å². The van der Waals surface area contributed by atoms with Gasteiger partial charge in [0.15, 0.2) is 5.13 Å². The predicted octanol–water partition coefficient (Wildman–Crippen LogP) is 3.42. The van der Waals surface area contributed by atoms with E-state index in [1.54, 1.807) is 7.11 Å². The average molecular weight is 319 g/mol. The molecule has 0 radical (unpaired) electrons. The van der Waals surface area contributed by atoms with E-state index in [1.807, 2.05) is 29.6 Å². The highest BCUT2D eigenvalue weighted by atomic mass is 35.5. The van der Waals surface area contributed by atoms with Crippen molar-refractivity contribution in [3.8, 4) is 17.0 Å². The molecule has 19 heavy (non-hydrogen) atoms. The highest BCUT2D eigenvalue weighted by Crippen LogP contribution is 2.26. The SMILES string of the molecule is COc1ccc(-c2csc(NC(=O)CCl)n2)cc1.Cl. The van der Waals surface area contributed by atoms with Crippen molar-refractivity contribution in [2.45, 2.75) is 0 Å². The van der Waals surface area contributed by atoms with Crippen molar-refractivity contribution < 1.29 is 9.53 Å². The van der Waals surface area contributed by atoms with Crippen molar-refractivity contribution in [3.05, 3.63) is 29.6 Å². The first-order valence-corrected chi connectivity index (χ1v) is 6.60.